The average molecular weight is 318 g/mol. The molecule has 19 heavy (non-hydrogen) atoms. The second-order valence-corrected chi connectivity index (χ2v) is 4.74. The summed E-state index contributed by atoms with van der Waals surface area (Å²) in [4.78, 5) is 4.30. The third kappa shape index (κ3) is 3.46. The normalized spacial score (nSPS) is 9.74. The predicted molar refractivity (Wildman–Crippen MR) is 77.0 cm³/mol. The monoisotopic (exact) mass is 317 g/mol. The molecular formula is C14H12BrN3O. The first kappa shape index (κ1) is 13.4. The summed E-state index contributed by atoms with van der Waals surface area (Å²) in [5.41, 5.74) is 2.23. The first-order valence-corrected chi connectivity index (χ1v) is 6.45. The van der Waals surface area contributed by atoms with Crippen LogP contribution in [0.3, 0.4) is 0 Å². The van der Waals surface area contributed by atoms with E-state index >= 15 is 0 Å². The highest BCUT2D eigenvalue weighted by atomic mass is 79.9. The smallest absolute Gasteiger partial charge is 0.213 e. The Balaban J connectivity index is 2.14. The van der Waals surface area contributed by atoms with Gasteiger partial charge in [0.2, 0.25) is 5.88 Å². The SMILES string of the molecule is COc1cccc(CNc2cc(Br)ccc2C#N)n1. The van der Waals surface area contributed by atoms with Crippen molar-refractivity contribution in [1.82, 2.24) is 4.98 Å². The number of nitrogens with zero attached hydrogens (tertiary/aromatic N) is 2. The van der Waals surface area contributed by atoms with Gasteiger partial charge in [-0.25, -0.2) is 4.98 Å². The summed E-state index contributed by atoms with van der Waals surface area (Å²) in [5, 5.41) is 12.2. The van der Waals surface area contributed by atoms with Gasteiger partial charge in [-0.1, -0.05) is 22.0 Å². The van der Waals surface area contributed by atoms with E-state index in [-0.39, 0.29) is 0 Å². The summed E-state index contributed by atoms with van der Waals surface area (Å²) in [6, 6.07) is 13.2. The van der Waals surface area contributed by atoms with Crippen LogP contribution in [0, 0.1) is 11.3 Å². The number of methoxy groups -OCH3 is 1. The topological polar surface area (TPSA) is 57.9 Å². The number of benzene rings is 1. The molecule has 1 N–H and O–H groups in total. The van der Waals surface area contributed by atoms with Crippen LogP contribution in [0.5, 0.6) is 5.88 Å². The highest BCUT2D eigenvalue weighted by Gasteiger charge is 2.03. The number of aromatic nitrogens is 1. The van der Waals surface area contributed by atoms with Crippen molar-refractivity contribution in [1.29, 1.82) is 5.26 Å². The Labute approximate surface area is 120 Å². The molecule has 0 saturated heterocycles. The van der Waals surface area contributed by atoms with Crippen molar-refractivity contribution in [3.8, 4) is 11.9 Å². The third-order valence-corrected chi connectivity index (χ3v) is 3.05. The molecule has 0 amide bonds. The lowest BCUT2D eigenvalue weighted by Crippen LogP contribution is -2.03. The molecule has 2 rings (SSSR count). The van der Waals surface area contributed by atoms with Gasteiger partial charge in [-0.15, -0.1) is 0 Å². The standard InChI is InChI=1S/C14H12BrN3O/c1-19-14-4-2-3-12(18-14)9-17-13-7-11(15)6-5-10(13)8-16/h2-7,17H,9H2,1H3. The number of ether oxygens (including phenoxy) is 1. The van der Waals surface area contributed by atoms with Crippen LogP contribution < -0.4 is 10.1 Å². The van der Waals surface area contributed by atoms with E-state index in [1.807, 2.05) is 24.3 Å². The summed E-state index contributed by atoms with van der Waals surface area (Å²) >= 11 is 3.39. The highest BCUT2D eigenvalue weighted by Crippen LogP contribution is 2.21. The lowest BCUT2D eigenvalue weighted by molar-refractivity contribution is 0.396. The molecule has 1 aromatic heterocycles. The molecular weight excluding hydrogens is 306 g/mol. The van der Waals surface area contributed by atoms with Crippen LogP contribution in [0.25, 0.3) is 0 Å². The van der Waals surface area contributed by atoms with Gasteiger partial charge in [-0.05, 0) is 24.3 Å². The van der Waals surface area contributed by atoms with E-state index in [9.17, 15) is 0 Å². The number of hydrogen-bond donors (Lipinski definition) is 1. The summed E-state index contributed by atoms with van der Waals surface area (Å²) in [6.45, 7) is 0.530. The van der Waals surface area contributed by atoms with Gasteiger partial charge in [0.25, 0.3) is 0 Å². The van der Waals surface area contributed by atoms with Crippen molar-refractivity contribution < 1.29 is 4.74 Å². The zero-order valence-corrected chi connectivity index (χ0v) is 11.9. The number of hydrogen-bond acceptors (Lipinski definition) is 4. The third-order valence-electron chi connectivity index (χ3n) is 2.55. The van der Waals surface area contributed by atoms with Gasteiger partial charge in [0, 0.05) is 10.5 Å². The minimum atomic E-state index is 0.530. The van der Waals surface area contributed by atoms with E-state index < -0.39 is 0 Å². The Hall–Kier alpha value is -2.06. The Bertz CT molecular complexity index is 622. The zero-order valence-electron chi connectivity index (χ0n) is 10.4. The molecule has 0 saturated carbocycles. The Kier molecular flexibility index (Phi) is 4.37. The molecule has 0 unspecified atom stereocenters. The van der Waals surface area contributed by atoms with Crippen LogP contribution in [0.2, 0.25) is 0 Å². The van der Waals surface area contributed by atoms with Crippen molar-refractivity contribution >= 4 is 21.6 Å². The molecule has 0 aliphatic heterocycles. The second-order valence-electron chi connectivity index (χ2n) is 3.83. The number of nitrogens with one attached hydrogen (secondary N) is 1. The van der Waals surface area contributed by atoms with Gasteiger partial charge >= 0.3 is 0 Å². The van der Waals surface area contributed by atoms with Crippen LogP contribution in [-0.4, -0.2) is 12.1 Å². The highest BCUT2D eigenvalue weighted by molar-refractivity contribution is 9.10. The van der Waals surface area contributed by atoms with Crippen molar-refractivity contribution in [2.75, 3.05) is 12.4 Å². The Morgan fingerprint density at radius 3 is 2.95 bits per heavy atom. The van der Waals surface area contributed by atoms with Crippen molar-refractivity contribution in [3.63, 3.8) is 0 Å². The van der Waals surface area contributed by atoms with Crippen LogP contribution in [0.15, 0.2) is 40.9 Å². The van der Waals surface area contributed by atoms with Gasteiger partial charge in [0.15, 0.2) is 0 Å². The summed E-state index contributed by atoms with van der Waals surface area (Å²) < 4.78 is 6.00. The minimum Gasteiger partial charge on any atom is -0.481 e. The molecule has 0 radical (unpaired) electrons. The van der Waals surface area contributed by atoms with Crippen molar-refractivity contribution in [2.45, 2.75) is 6.54 Å². The van der Waals surface area contributed by atoms with Gasteiger partial charge in [-0.2, -0.15) is 5.26 Å². The molecule has 0 bridgehead atoms. The fourth-order valence-electron chi connectivity index (χ4n) is 1.62. The van der Waals surface area contributed by atoms with Gasteiger partial charge in [0.1, 0.15) is 6.07 Å². The molecule has 1 heterocycles. The molecule has 0 atom stereocenters. The summed E-state index contributed by atoms with van der Waals surface area (Å²) in [7, 11) is 1.58. The Morgan fingerprint density at radius 2 is 2.21 bits per heavy atom. The van der Waals surface area contributed by atoms with Crippen LogP contribution >= 0.6 is 15.9 Å². The maximum atomic E-state index is 9.05. The lowest BCUT2D eigenvalue weighted by atomic mass is 10.2. The van der Waals surface area contributed by atoms with Crippen LogP contribution in [-0.2, 0) is 6.54 Å². The molecule has 0 aliphatic rings. The van der Waals surface area contributed by atoms with Crippen LogP contribution in [0.4, 0.5) is 5.69 Å². The summed E-state index contributed by atoms with van der Waals surface area (Å²) in [6.07, 6.45) is 0. The molecule has 4 nitrogen and oxygen atoms in total. The maximum Gasteiger partial charge on any atom is 0.213 e. The molecule has 1 aromatic carbocycles. The van der Waals surface area contributed by atoms with Crippen molar-refractivity contribution in [2.24, 2.45) is 0 Å². The number of halogens is 1. The molecule has 0 spiro atoms. The summed E-state index contributed by atoms with van der Waals surface area (Å²) in [5.74, 6) is 0.578. The van der Waals surface area contributed by atoms with E-state index in [2.05, 4.69) is 32.3 Å². The number of nitriles is 1. The molecule has 0 aliphatic carbocycles. The largest absolute Gasteiger partial charge is 0.481 e. The number of pyridine rings is 1. The van der Waals surface area contributed by atoms with E-state index in [0.29, 0.717) is 18.0 Å². The van der Waals surface area contributed by atoms with Gasteiger partial charge < -0.3 is 10.1 Å². The first-order valence-electron chi connectivity index (χ1n) is 5.66. The van der Waals surface area contributed by atoms with Gasteiger partial charge in [0.05, 0.1) is 30.6 Å². The van der Waals surface area contributed by atoms with E-state index in [4.69, 9.17) is 10.00 Å². The fourth-order valence-corrected chi connectivity index (χ4v) is 1.98. The van der Waals surface area contributed by atoms with E-state index in [1.165, 1.54) is 0 Å². The molecule has 96 valence electrons. The second kappa shape index (κ2) is 6.21. The minimum absolute atomic E-state index is 0.530. The number of rotatable bonds is 4. The van der Waals surface area contributed by atoms with E-state index in [1.54, 1.807) is 19.2 Å². The van der Waals surface area contributed by atoms with E-state index in [0.717, 1.165) is 15.9 Å². The predicted octanol–water partition coefficient (Wildman–Crippen LogP) is 3.34. The Morgan fingerprint density at radius 1 is 1.37 bits per heavy atom. The molecule has 5 heteroatoms. The maximum absolute atomic E-state index is 9.05. The van der Waals surface area contributed by atoms with Crippen LogP contribution in [0.1, 0.15) is 11.3 Å². The number of anilines is 1. The molecule has 0 fully saturated rings. The zero-order chi connectivity index (χ0) is 13.7. The fraction of sp³-hybridized carbons (Fsp3) is 0.143. The lowest BCUT2D eigenvalue weighted by Gasteiger charge is -2.09. The van der Waals surface area contributed by atoms with Gasteiger partial charge in [-0.3, -0.25) is 0 Å². The average Bonchev–Trinajstić information content (AvgIpc) is 2.45. The molecule has 2 aromatic rings. The first-order chi connectivity index (χ1) is 9.22. The van der Waals surface area contributed by atoms with Crippen molar-refractivity contribution in [3.05, 3.63) is 52.1 Å². The quantitative estimate of drug-likeness (QED) is 0.939.